The molecule has 0 saturated carbocycles. The van der Waals surface area contributed by atoms with Crippen LogP contribution < -0.4 is 5.73 Å². The standard InChI is InChI=1S/C13H15ClN2S/c1-2-9-3-4-10(17-9)7-13(15)11-5-6-16-8-12(11)14/h3-6,8,13H,2,7,15H2,1H3. The summed E-state index contributed by atoms with van der Waals surface area (Å²) in [6, 6.07) is 6.15. The van der Waals surface area contributed by atoms with Gasteiger partial charge in [-0.2, -0.15) is 0 Å². The lowest BCUT2D eigenvalue weighted by atomic mass is 10.1. The molecule has 90 valence electrons. The number of pyridine rings is 1. The van der Waals surface area contributed by atoms with E-state index in [9.17, 15) is 0 Å². The lowest BCUT2D eigenvalue weighted by Gasteiger charge is -2.11. The molecule has 1 unspecified atom stereocenters. The summed E-state index contributed by atoms with van der Waals surface area (Å²) in [6.45, 7) is 2.16. The van der Waals surface area contributed by atoms with Crippen molar-refractivity contribution in [1.29, 1.82) is 0 Å². The zero-order chi connectivity index (χ0) is 12.3. The molecule has 0 bridgehead atoms. The highest BCUT2D eigenvalue weighted by Crippen LogP contribution is 2.26. The first-order chi connectivity index (χ1) is 8.20. The van der Waals surface area contributed by atoms with Gasteiger partial charge in [0.15, 0.2) is 0 Å². The molecule has 2 heterocycles. The molecule has 2 rings (SSSR count). The van der Waals surface area contributed by atoms with Crippen molar-refractivity contribution in [2.24, 2.45) is 5.73 Å². The largest absolute Gasteiger partial charge is 0.324 e. The molecule has 0 saturated heterocycles. The van der Waals surface area contributed by atoms with Crippen LogP contribution in [0.3, 0.4) is 0 Å². The smallest absolute Gasteiger partial charge is 0.0637 e. The summed E-state index contributed by atoms with van der Waals surface area (Å²) in [7, 11) is 0. The van der Waals surface area contributed by atoms with Crippen LogP contribution in [0.25, 0.3) is 0 Å². The number of hydrogen-bond donors (Lipinski definition) is 1. The quantitative estimate of drug-likeness (QED) is 0.918. The topological polar surface area (TPSA) is 38.9 Å². The summed E-state index contributed by atoms with van der Waals surface area (Å²) in [5.74, 6) is 0. The number of rotatable bonds is 4. The fraction of sp³-hybridized carbons (Fsp3) is 0.308. The third-order valence-corrected chi connectivity index (χ3v) is 4.26. The molecule has 1 atom stereocenters. The fourth-order valence-electron chi connectivity index (χ4n) is 1.74. The third-order valence-electron chi connectivity index (χ3n) is 2.69. The molecule has 0 amide bonds. The van der Waals surface area contributed by atoms with Crippen LogP contribution in [0.15, 0.2) is 30.6 Å². The summed E-state index contributed by atoms with van der Waals surface area (Å²) in [5.41, 5.74) is 7.14. The van der Waals surface area contributed by atoms with Crippen molar-refractivity contribution >= 4 is 22.9 Å². The Morgan fingerprint density at radius 3 is 2.76 bits per heavy atom. The number of hydrogen-bond acceptors (Lipinski definition) is 3. The summed E-state index contributed by atoms with van der Waals surface area (Å²) in [6.07, 6.45) is 5.28. The van der Waals surface area contributed by atoms with Crippen molar-refractivity contribution in [2.75, 3.05) is 0 Å². The predicted molar refractivity (Wildman–Crippen MR) is 73.6 cm³/mol. The van der Waals surface area contributed by atoms with Gasteiger partial charge in [-0.05, 0) is 30.2 Å². The van der Waals surface area contributed by atoms with E-state index in [1.807, 2.05) is 17.4 Å². The molecule has 0 aliphatic carbocycles. The molecule has 4 heteroatoms. The molecule has 2 nitrogen and oxygen atoms in total. The van der Waals surface area contributed by atoms with E-state index in [4.69, 9.17) is 17.3 Å². The van der Waals surface area contributed by atoms with E-state index in [1.165, 1.54) is 9.75 Å². The highest BCUT2D eigenvalue weighted by atomic mass is 35.5. The zero-order valence-electron chi connectivity index (χ0n) is 9.69. The number of aryl methyl sites for hydroxylation is 1. The van der Waals surface area contributed by atoms with Crippen LogP contribution in [0, 0.1) is 0 Å². The Morgan fingerprint density at radius 1 is 1.35 bits per heavy atom. The molecule has 0 aromatic carbocycles. The first-order valence-corrected chi connectivity index (χ1v) is 6.82. The van der Waals surface area contributed by atoms with Crippen molar-refractivity contribution in [2.45, 2.75) is 25.8 Å². The molecule has 2 aromatic rings. The second kappa shape index (κ2) is 5.63. The van der Waals surface area contributed by atoms with Crippen molar-refractivity contribution in [3.05, 3.63) is 50.9 Å². The molecular weight excluding hydrogens is 252 g/mol. The van der Waals surface area contributed by atoms with Gasteiger partial charge in [0.05, 0.1) is 5.02 Å². The average Bonchev–Trinajstić information content (AvgIpc) is 2.77. The van der Waals surface area contributed by atoms with Gasteiger partial charge in [-0.15, -0.1) is 11.3 Å². The summed E-state index contributed by atoms with van der Waals surface area (Å²) in [5, 5.41) is 0.646. The minimum absolute atomic E-state index is 0.0612. The van der Waals surface area contributed by atoms with Gasteiger partial charge in [0.2, 0.25) is 0 Å². The first kappa shape index (κ1) is 12.6. The van der Waals surface area contributed by atoms with E-state index in [-0.39, 0.29) is 6.04 Å². The maximum absolute atomic E-state index is 6.17. The van der Waals surface area contributed by atoms with Gasteiger partial charge in [-0.3, -0.25) is 4.98 Å². The Hall–Kier alpha value is -0.900. The number of aromatic nitrogens is 1. The molecule has 0 radical (unpaired) electrons. The fourth-order valence-corrected chi connectivity index (χ4v) is 3.01. The van der Waals surface area contributed by atoms with Crippen LogP contribution in [-0.2, 0) is 12.8 Å². The first-order valence-electron chi connectivity index (χ1n) is 5.63. The van der Waals surface area contributed by atoms with Gasteiger partial charge in [0.1, 0.15) is 0 Å². The van der Waals surface area contributed by atoms with Crippen molar-refractivity contribution in [1.82, 2.24) is 4.98 Å². The predicted octanol–water partition coefficient (Wildman–Crippen LogP) is 3.60. The minimum atomic E-state index is -0.0612. The van der Waals surface area contributed by atoms with Crippen LogP contribution in [0.2, 0.25) is 5.02 Å². The Bertz CT molecular complexity index is 496. The zero-order valence-corrected chi connectivity index (χ0v) is 11.3. The van der Waals surface area contributed by atoms with Gasteiger partial charge < -0.3 is 5.73 Å². The molecule has 0 aliphatic heterocycles. The summed E-state index contributed by atoms with van der Waals surface area (Å²) >= 11 is 7.90. The van der Waals surface area contributed by atoms with E-state index < -0.39 is 0 Å². The number of halogens is 1. The van der Waals surface area contributed by atoms with Gasteiger partial charge in [0, 0.05) is 34.6 Å². The molecular formula is C13H15ClN2S. The number of nitrogens with zero attached hydrogens (tertiary/aromatic N) is 1. The Balaban J connectivity index is 2.11. The van der Waals surface area contributed by atoms with Gasteiger partial charge >= 0.3 is 0 Å². The molecule has 2 N–H and O–H groups in total. The van der Waals surface area contributed by atoms with Crippen LogP contribution in [0.1, 0.15) is 28.3 Å². The van der Waals surface area contributed by atoms with Crippen LogP contribution >= 0.6 is 22.9 Å². The van der Waals surface area contributed by atoms with Crippen molar-refractivity contribution in [3.63, 3.8) is 0 Å². The van der Waals surface area contributed by atoms with E-state index in [0.29, 0.717) is 5.02 Å². The molecule has 0 aliphatic rings. The van der Waals surface area contributed by atoms with Gasteiger partial charge in [-0.25, -0.2) is 0 Å². The molecule has 0 spiro atoms. The third kappa shape index (κ3) is 3.06. The maximum Gasteiger partial charge on any atom is 0.0637 e. The highest BCUT2D eigenvalue weighted by molar-refractivity contribution is 7.11. The lowest BCUT2D eigenvalue weighted by molar-refractivity contribution is 0.729. The number of nitrogens with two attached hydrogens (primary N) is 1. The second-order valence-corrected chi connectivity index (χ2v) is 5.59. The van der Waals surface area contributed by atoms with Crippen LogP contribution in [0.5, 0.6) is 0 Å². The second-order valence-electron chi connectivity index (χ2n) is 3.93. The molecule has 17 heavy (non-hydrogen) atoms. The minimum Gasteiger partial charge on any atom is -0.324 e. The Labute approximate surface area is 110 Å². The Kier molecular flexibility index (Phi) is 4.15. The highest BCUT2D eigenvalue weighted by Gasteiger charge is 2.11. The summed E-state index contributed by atoms with van der Waals surface area (Å²) in [4.78, 5) is 6.67. The maximum atomic E-state index is 6.17. The van der Waals surface area contributed by atoms with Crippen molar-refractivity contribution < 1.29 is 0 Å². The SMILES string of the molecule is CCc1ccc(CC(N)c2ccncc2Cl)s1. The van der Waals surface area contributed by atoms with Crippen molar-refractivity contribution in [3.8, 4) is 0 Å². The van der Waals surface area contributed by atoms with E-state index in [0.717, 1.165) is 18.4 Å². The average molecular weight is 267 g/mol. The van der Waals surface area contributed by atoms with Gasteiger partial charge in [-0.1, -0.05) is 18.5 Å². The van der Waals surface area contributed by atoms with E-state index in [1.54, 1.807) is 12.4 Å². The molecule has 0 fully saturated rings. The molecule has 2 aromatic heterocycles. The van der Waals surface area contributed by atoms with Gasteiger partial charge in [0.25, 0.3) is 0 Å². The van der Waals surface area contributed by atoms with E-state index in [2.05, 4.69) is 24.0 Å². The lowest BCUT2D eigenvalue weighted by Crippen LogP contribution is -2.13. The monoisotopic (exact) mass is 266 g/mol. The number of thiophene rings is 1. The van der Waals surface area contributed by atoms with E-state index >= 15 is 0 Å². The Morgan fingerprint density at radius 2 is 2.12 bits per heavy atom. The van der Waals surface area contributed by atoms with Crippen LogP contribution in [0.4, 0.5) is 0 Å². The van der Waals surface area contributed by atoms with Crippen LogP contribution in [-0.4, -0.2) is 4.98 Å². The normalized spacial score (nSPS) is 12.6. The summed E-state index contributed by atoms with van der Waals surface area (Å²) < 4.78 is 0.